The van der Waals surface area contributed by atoms with Gasteiger partial charge in [0, 0.05) is 22.5 Å². The number of hydrogen-bond acceptors (Lipinski definition) is 4. The van der Waals surface area contributed by atoms with E-state index in [2.05, 4.69) is 0 Å². The molecule has 1 heterocycles. The second-order valence-electron chi connectivity index (χ2n) is 8.87. The predicted octanol–water partition coefficient (Wildman–Crippen LogP) is 6.17. The number of amides is 2. The summed E-state index contributed by atoms with van der Waals surface area (Å²) in [6.07, 6.45) is 5.16. The molecule has 0 radical (unpaired) electrons. The minimum absolute atomic E-state index is 0.0485. The second-order valence-corrected chi connectivity index (χ2v) is 10.3. The number of halogens is 1. The Morgan fingerprint density at radius 3 is 2.31 bits per heavy atom. The highest BCUT2D eigenvalue weighted by molar-refractivity contribution is 7.09. The molecule has 1 aliphatic rings. The van der Waals surface area contributed by atoms with E-state index in [1.54, 1.807) is 40.5 Å². The average molecular weight is 511 g/mol. The molecule has 5 nitrogen and oxygen atoms in total. The molecule has 0 atom stereocenters. The summed E-state index contributed by atoms with van der Waals surface area (Å²) >= 11 is 7.59. The molecular formula is C28H31ClN2O3S. The van der Waals surface area contributed by atoms with Crippen molar-refractivity contribution in [2.24, 2.45) is 0 Å². The lowest BCUT2D eigenvalue weighted by Gasteiger charge is -2.35. The van der Waals surface area contributed by atoms with Crippen LogP contribution < -0.4 is 4.74 Å². The number of carbonyl (C=O) groups excluding carboxylic acids is 2. The predicted molar refractivity (Wildman–Crippen MR) is 141 cm³/mol. The highest BCUT2D eigenvalue weighted by Gasteiger charge is 2.29. The number of hydrogen-bond donors (Lipinski definition) is 0. The summed E-state index contributed by atoms with van der Waals surface area (Å²) in [5, 5.41) is 2.63. The molecule has 0 aliphatic heterocycles. The van der Waals surface area contributed by atoms with E-state index in [0.717, 1.165) is 36.1 Å². The van der Waals surface area contributed by atoms with Crippen molar-refractivity contribution in [3.8, 4) is 5.75 Å². The van der Waals surface area contributed by atoms with Crippen molar-refractivity contribution in [3.05, 3.63) is 87.6 Å². The van der Waals surface area contributed by atoms with Crippen LogP contribution in [0.4, 0.5) is 0 Å². The number of ether oxygens (including phenoxy) is 1. The van der Waals surface area contributed by atoms with Crippen molar-refractivity contribution in [3.63, 3.8) is 0 Å². The third-order valence-corrected chi connectivity index (χ3v) is 7.43. The molecule has 1 aromatic heterocycles. The Hall–Kier alpha value is -2.83. The van der Waals surface area contributed by atoms with Crippen molar-refractivity contribution in [2.45, 2.75) is 51.2 Å². The van der Waals surface area contributed by atoms with Crippen LogP contribution in [0.1, 0.15) is 42.5 Å². The quantitative estimate of drug-likeness (QED) is 0.327. The van der Waals surface area contributed by atoms with Crippen LogP contribution in [0.5, 0.6) is 5.75 Å². The molecule has 0 bridgehead atoms. The summed E-state index contributed by atoms with van der Waals surface area (Å²) in [6.45, 7) is 0.992. The first kappa shape index (κ1) is 25.3. The summed E-state index contributed by atoms with van der Waals surface area (Å²) in [6, 6.07) is 21.0. The molecule has 2 aromatic carbocycles. The molecule has 4 rings (SSSR count). The Balaban J connectivity index is 1.48. The Morgan fingerprint density at radius 1 is 0.886 bits per heavy atom. The van der Waals surface area contributed by atoms with E-state index >= 15 is 0 Å². The number of carbonyl (C=O) groups is 2. The van der Waals surface area contributed by atoms with E-state index in [1.165, 1.54) is 6.42 Å². The number of benzene rings is 2. The topological polar surface area (TPSA) is 49.9 Å². The van der Waals surface area contributed by atoms with E-state index < -0.39 is 0 Å². The highest BCUT2D eigenvalue weighted by Crippen LogP contribution is 2.24. The second kappa shape index (κ2) is 12.8. The molecular weight excluding hydrogens is 480 g/mol. The van der Waals surface area contributed by atoms with E-state index in [0.29, 0.717) is 23.9 Å². The Labute approximate surface area is 216 Å². The van der Waals surface area contributed by atoms with Gasteiger partial charge >= 0.3 is 0 Å². The van der Waals surface area contributed by atoms with E-state index in [1.807, 2.05) is 52.7 Å². The smallest absolute Gasteiger partial charge is 0.261 e. The molecule has 1 fully saturated rings. The monoisotopic (exact) mass is 510 g/mol. The van der Waals surface area contributed by atoms with Crippen molar-refractivity contribution in [1.29, 1.82) is 0 Å². The maximum Gasteiger partial charge on any atom is 0.261 e. The van der Waals surface area contributed by atoms with Crippen molar-refractivity contribution in [1.82, 2.24) is 9.80 Å². The van der Waals surface area contributed by atoms with Crippen LogP contribution in [-0.2, 0) is 22.7 Å². The van der Waals surface area contributed by atoms with Crippen LogP contribution in [0.2, 0.25) is 5.02 Å². The molecule has 0 saturated heterocycles. The SMILES string of the molecule is O=C(CN(C(=O)COc1ccc(Cl)cc1)C1CCCCC1)N(Cc1ccccc1)Cc1cccs1. The van der Waals surface area contributed by atoms with Gasteiger partial charge in [0.1, 0.15) is 12.3 Å². The fraction of sp³-hybridized carbons (Fsp3) is 0.357. The zero-order valence-corrected chi connectivity index (χ0v) is 21.3. The summed E-state index contributed by atoms with van der Waals surface area (Å²) in [4.78, 5) is 31.7. The van der Waals surface area contributed by atoms with Crippen LogP contribution in [0.25, 0.3) is 0 Å². The lowest BCUT2D eigenvalue weighted by molar-refractivity contribution is -0.145. The van der Waals surface area contributed by atoms with E-state index in [-0.39, 0.29) is 31.0 Å². The minimum atomic E-state index is -0.156. The fourth-order valence-electron chi connectivity index (χ4n) is 4.44. The molecule has 2 amide bonds. The van der Waals surface area contributed by atoms with Crippen LogP contribution in [0.3, 0.4) is 0 Å². The first-order valence-corrected chi connectivity index (χ1v) is 13.4. The first-order valence-electron chi connectivity index (χ1n) is 12.1. The van der Waals surface area contributed by atoms with Gasteiger partial charge in [-0.05, 0) is 54.1 Å². The summed E-state index contributed by atoms with van der Waals surface area (Å²) in [7, 11) is 0. The number of rotatable bonds is 10. The van der Waals surface area contributed by atoms with Gasteiger partial charge in [0.25, 0.3) is 5.91 Å². The van der Waals surface area contributed by atoms with Gasteiger partial charge in [-0.15, -0.1) is 11.3 Å². The Kier molecular flexibility index (Phi) is 9.21. The largest absolute Gasteiger partial charge is 0.484 e. The molecule has 1 saturated carbocycles. The molecule has 7 heteroatoms. The van der Waals surface area contributed by atoms with Crippen molar-refractivity contribution in [2.75, 3.05) is 13.2 Å². The van der Waals surface area contributed by atoms with Gasteiger partial charge in [0.15, 0.2) is 6.61 Å². The summed E-state index contributed by atoms with van der Waals surface area (Å²) in [5.41, 5.74) is 1.07. The lowest BCUT2D eigenvalue weighted by atomic mass is 9.94. The first-order chi connectivity index (χ1) is 17.1. The average Bonchev–Trinajstić information content (AvgIpc) is 3.40. The van der Waals surface area contributed by atoms with Crippen LogP contribution in [0.15, 0.2) is 72.1 Å². The van der Waals surface area contributed by atoms with Crippen LogP contribution >= 0.6 is 22.9 Å². The third-order valence-electron chi connectivity index (χ3n) is 6.31. The van der Waals surface area contributed by atoms with Crippen molar-refractivity contribution < 1.29 is 14.3 Å². The van der Waals surface area contributed by atoms with Gasteiger partial charge in [-0.3, -0.25) is 9.59 Å². The fourth-order valence-corrected chi connectivity index (χ4v) is 5.29. The Bertz CT molecular complexity index is 1070. The van der Waals surface area contributed by atoms with Crippen molar-refractivity contribution >= 4 is 34.8 Å². The standard InChI is InChI=1S/C28H31ClN2O3S/c29-23-13-15-25(16-14-23)34-21-28(33)31(24-10-5-2-6-11-24)20-27(32)30(19-26-12-7-17-35-26)18-22-8-3-1-4-9-22/h1,3-4,7-9,12-17,24H,2,5-6,10-11,18-21H2. The molecule has 0 N–H and O–H groups in total. The van der Waals surface area contributed by atoms with Gasteiger partial charge < -0.3 is 14.5 Å². The molecule has 184 valence electrons. The zero-order chi connectivity index (χ0) is 24.5. The summed E-state index contributed by atoms with van der Waals surface area (Å²) in [5.74, 6) is 0.379. The van der Waals surface area contributed by atoms with Crippen LogP contribution in [-0.4, -0.2) is 40.8 Å². The molecule has 35 heavy (non-hydrogen) atoms. The maximum absolute atomic E-state index is 13.6. The maximum atomic E-state index is 13.6. The minimum Gasteiger partial charge on any atom is -0.484 e. The van der Waals surface area contributed by atoms with Crippen LogP contribution in [0, 0.1) is 0 Å². The van der Waals surface area contributed by atoms with E-state index in [4.69, 9.17) is 16.3 Å². The van der Waals surface area contributed by atoms with E-state index in [9.17, 15) is 9.59 Å². The molecule has 0 spiro atoms. The van der Waals surface area contributed by atoms with Gasteiger partial charge in [-0.2, -0.15) is 0 Å². The molecule has 0 unspecified atom stereocenters. The van der Waals surface area contributed by atoms with Gasteiger partial charge in [-0.25, -0.2) is 0 Å². The summed E-state index contributed by atoms with van der Waals surface area (Å²) < 4.78 is 5.74. The highest BCUT2D eigenvalue weighted by atomic mass is 35.5. The Morgan fingerprint density at radius 2 is 1.63 bits per heavy atom. The lowest BCUT2D eigenvalue weighted by Crippen LogP contribution is -2.49. The normalized spacial score (nSPS) is 13.9. The molecule has 1 aliphatic carbocycles. The van der Waals surface area contributed by atoms with Gasteiger partial charge in [-0.1, -0.05) is 67.3 Å². The molecule has 3 aromatic rings. The zero-order valence-electron chi connectivity index (χ0n) is 19.8. The third kappa shape index (κ3) is 7.58. The van der Waals surface area contributed by atoms with Gasteiger partial charge in [0.05, 0.1) is 6.54 Å². The van der Waals surface area contributed by atoms with Gasteiger partial charge in [0.2, 0.25) is 5.91 Å². The number of nitrogens with zero attached hydrogens (tertiary/aromatic N) is 2. The number of thiophene rings is 1.